The monoisotopic (exact) mass is 183 g/mol. The molecule has 0 aliphatic rings. The van der Waals surface area contributed by atoms with Crippen LogP contribution in [0.1, 0.15) is 0 Å². The van der Waals surface area contributed by atoms with Gasteiger partial charge in [0.2, 0.25) is 0 Å². The molecule has 2 nitrogen and oxygen atoms in total. The topological polar surface area (TPSA) is 29.4 Å². The third-order valence-electron chi connectivity index (χ3n) is 0.998. The van der Waals surface area contributed by atoms with Crippen molar-refractivity contribution in [3.05, 3.63) is 29.2 Å². The molecule has 1 aromatic rings. The summed E-state index contributed by atoms with van der Waals surface area (Å²) in [6.45, 7) is 0. The van der Waals surface area contributed by atoms with Crippen LogP contribution in [0.5, 0.6) is 0 Å². The van der Waals surface area contributed by atoms with Crippen LogP contribution in [0, 0.1) is 4.91 Å². The minimum atomic E-state index is 0.497. The summed E-state index contributed by atoms with van der Waals surface area (Å²) in [5.74, 6) is 0. The Morgan fingerprint density at radius 3 is 2.22 bits per heavy atom. The number of hydrogen-bond acceptors (Lipinski definition) is 2. The van der Waals surface area contributed by atoms with Crippen molar-refractivity contribution >= 4 is 26.9 Å². The van der Waals surface area contributed by atoms with E-state index in [0.717, 1.165) is 0 Å². The van der Waals surface area contributed by atoms with Gasteiger partial charge in [0, 0.05) is 0 Å². The maximum absolute atomic E-state index is 9.87. The van der Waals surface area contributed by atoms with Gasteiger partial charge in [0.25, 0.3) is 0 Å². The molecule has 3 heteroatoms. The van der Waals surface area contributed by atoms with E-state index in [0.29, 0.717) is 5.69 Å². The van der Waals surface area contributed by atoms with Crippen LogP contribution >= 0.6 is 0 Å². The molecule has 0 aromatic heterocycles. The SMILES string of the molecule is O=Nc1ccc([AsH2])cc1. The summed E-state index contributed by atoms with van der Waals surface area (Å²) in [6.07, 6.45) is 0. The molecule has 0 radical (unpaired) electrons. The van der Waals surface area contributed by atoms with Crippen LogP contribution in [0.15, 0.2) is 29.4 Å². The van der Waals surface area contributed by atoms with Gasteiger partial charge in [-0.2, -0.15) is 0 Å². The molecule has 0 spiro atoms. The molecule has 0 bridgehead atoms. The molecule has 0 saturated carbocycles. The third-order valence-corrected chi connectivity index (χ3v) is 1.81. The van der Waals surface area contributed by atoms with Gasteiger partial charge in [-0.05, 0) is 0 Å². The fourth-order valence-corrected chi connectivity index (χ4v) is 0.939. The summed E-state index contributed by atoms with van der Waals surface area (Å²) in [5.41, 5.74) is 0.497. The van der Waals surface area contributed by atoms with E-state index in [9.17, 15) is 4.91 Å². The zero-order valence-corrected chi connectivity index (χ0v) is 7.16. The zero-order valence-electron chi connectivity index (χ0n) is 4.74. The van der Waals surface area contributed by atoms with E-state index >= 15 is 0 Å². The average molecular weight is 183 g/mol. The number of nitroso groups, excluding NO2 is 1. The van der Waals surface area contributed by atoms with E-state index in [1.54, 1.807) is 29.0 Å². The number of nitrogens with zero attached hydrogens (tertiary/aromatic N) is 1. The molecule has 1 aromatic carbocycles. The first-order valence-electron chi connectivity index (χ1n) is 2.52. The molecule has 0 N–H and O–H groups in total. The van der Waals surface area contributed by atoms with Crippen LogP contribution in [0.4, 0.5) is 5.69 Å². The molecule has 1 rings (SSSR count). The molecule has 0 fully saturated rings. The Morgan fingerprint density at radius 2 is 1.78 bits per heavy atom. The van der Waals surface area contributed by atoms with Gasteiger partial charge < -0.3 is 0 Å². The quantitative estimate of drug-likeness (QED) is 0.456. The normalized spacial score (nSPS) is 9.00. The van der Waals surface area contributed by atoms with Gasteiger partial charge in [-0.15, -0.1) is 0 Å². The van der Waals surface area contributed by atoms with Gasteiger partial charge in [-0.3, -0.25) is 0 Å². The van der Waals surface area contributed by atoms with E-state index in [1.807, 2.05) is 12.1 Å². The summed E-state index contributed by atoms with van der Waals surface area (Å²) in [4.78, 5) is 9.87. The molecule has 1 unspecified atom stereocenters. The summed E-state index contributed by atoms with van der Waals surface area (Å²) in [6, 6.07) is 7.20. The second-order valence-electron chi connectivity index (χ2n) is 1.68. The maximum atomic E-state index is 9.87. The Morgan fingerprint density at radius 1 is 1.22 bits per heavy atom. The van der Waals surface area contributed by atoms with Crippen LogP contribution in [0.3, 0.4) is 0 Å². The molecule has 1 atom stereocenters. The van der Waals surface area contributed by atoms with Crippen molar-refractivity contribution < 1.29 is 0 Å². The molecular formula is C6H6AsNO. The van der Waals surface area contributed by atoms with E-state index in [4.69, 9.17) is 0 Å². The van der Waals surface area contributed by atoms with Crippen LogP contribution < -0.4 is 4.35 Å². The van der Waals surface area contributed by atoms with Crippen LogP contribution in [-0.4, -0.2) is 16.9 Å². The molecule has 9 heavy (non-hydrogen) atoms. The predicted octanol–water partition coefficient (Wildman–Crippen LogP) is 0.343. The Kier molecular flexibility index (Phi) is 2.01. The summed E-state index contributed by atoms with van der Waals surface area (Å²) >= 11 is 1.55. The van der Waals surface area contributed by atoms with Gasteiger partial charge in [-0.1, -0.05) is 0 Å². The molecule has 0 aliphatic carbocycles. The Labute approximate surface area is 61.7 Å². The van der Waals surface area contributed by atoms with Crippen LogP contribution in [0.2, 0.25) is 0 Å². The molecule has 46 valence electrons. The molecular weight excluding hydrogens is 177 g/mol. The summed E-state index contributed by atoms with van der Waals surface area (Å²) < 4.78 is 1.20. The van der Waals surface area contributed by atoms with Crippen LogP contribution in [-0.2, 0) is 0 Å². The van der Waals surface area contributed by atoms with E-state index in [2.05, 4.69) is 5.18 Å². The first-order valence-corrected chi connectivity index (χ1v) is 3.73. The number of rotatable bonds is 1. The van der Waals surface area contributed by atoms with Gasteiger partial charge in [-0.25, -0.2) is 0 Å². The summed E-state index contributed by atoms with van der Waals surface area (Å²) in [7, 11) is 0. The van der Waals surface area contributed by atoms with Gasteiger partial charge in [0.05, 0.1) is 0 Å². The first kappa shape index (κ1) is 6.50. The second kappa shape index (κ2) is 2.79. The van der Waals surface area contributed by atoms with Crippen molar-refractivity contribution in [2.45, 2.75) is 0 Å². The van der Waals surface area contributed by atoms with E-state index in [1.165, 1.54) is 4.35 Å². The minimum absolute atomic E-state index is 0.497. The molecule has 0 aliphatic heterocycles. The van der Waals surface area contributed by atoms with E-state index in [-0.39, 0.29) is 0 Å². The fraction of sp³-hybridized carbons (Fsp3) is 0. The predicted molar refractivity (Wildman–Crippen MR) is 40.1 cm³/mol. The molecule has 0 amide bonds. The first-order chi connectivity index (χ1) is 4.33. The van der Waals surface area contributed by atoms with Gasteiger partial charge >= 0.3 is 61.2 Å². The second-order valence-corrected chi connectivity index (χ2v) is 3.08. The van der Waals surface area contributed by atoms with E-state index < -0.39 is 0 Å². The average Bonchev–Trinajstić information content (AvgIpc) is 1.90. The van der Waals surface area contributed by atoms with Crippen LogP contribution in [0.25, 0.3) is 0 Å². The number of hydrogen-bond donors (Lipinski definition) is 0. The van der Waals surface area contributed by atoms with Gasteiger partial charge in [0.1, 0.15) is 0 Å². The third kappa shape index (κ3) is 1.65. The van der Waals surface area contributed by atoms with Crippen molar-refractivity contribution in [3.8, 4) is 0 Å². The number of benzene rings is 1. The van der Waals surface area contributed by atoms with Crippen molar-refractivity contribution in [1.29, 1.82) is 0 Å². The van der Waals surface area contributed by atoms with Crippen molar-refractivity contribution in [3.63, 3.8) is 0 Å². The molecule has 0 heterocycles. The van der Waals surface area contributed by atoms with Crippen molar-refractivity contribution in [2.24, 2.45) is 5.18 Å². The fourth-order valence-electron chi connectivity index (χ4n) is 0.535. The summed E-state index contributed by atoms with van der Waals surface area (Å²) in [5, 5.41) is 2.77. The molecule has 0 saturated heterocycles. The Hall–Kier alpha value is -0.622. The Balaban J connectivity index is 3.01. The van der Waals surface area contributed by atoms with Crippen molar-refractivity contribution in [1.82, 2.24) is 0 Å². The zero-order chi connectivity index (χ0) is 6.69. The Bertz CT molecular complexity index is 207. The standard InChI is InChI=1S/C6H6AsNO/c7-5-1-3-6(8-9)4-2-5/h1-4H,7H2. The van der Waals surface area contributed by atoms with Gasteiger partial charge in [0.15, 0.2) is 0 Å². The van der Waals surface area contributed by atoms with Crippen molar-refractivity contribution in [2.75, 3.05) is 0 Å².